The van der Waals surface area contributed by atoms with E-state index in [2.05, 4.69) is 35.4 Å². The maximum Gasteiger partial charge on any atom is 1.00 e. The first kappa shape index (κ1) is 40.6. The van der Waals surface area contributed by atoms with Gasteiger partial charge in [-0.25, -0.2) is 8.42 Å². The van der Waals surface area contributed by atoms with Crippen LogP contribution in [0.15, 0.2) is 24.3 Å². The fraction of sp³-hybridized carbons (Fsp3) is 0.815. The maximum atomic E-state index is 11.9. The second-order valence-electron chi connectivity index (χ2n) is 9.86. The van der Waals surface area contributed by atoms with E-state index < -0.39 is 66.4 Å². The molecule has 0 unspecified atom stereocenters. The Kier molecular flexibility index (Phi) is 23.7. The molecule has 6 atom stereocenters. The summed E-state index contributed by atoms with van der Waals surface area (Å²) in [6.07, 6.45) is 11.2. The van der Waals surface area contributed by atoms with Gasteiger partial charge in [0.1, 0.15) is 37.1 Å². The molecule has 0 bridgehead atoms. The van der Waals surface area contributed by atoms with Gasteiger partial charge in [-0.1, -0.05) is 63.3 Å². The number of esters is 1. The van der Waals surface area contributed by atoms with Crippen molar-refractivity contribution >= 4 is 16.4 Å². The summed E-state index contributed by atoms with van der Waals surface area (Å²) in [6.45, 7) is 0.462. The number of aliphatic hydroxyl groups excluding tert-OH is 4. The molecule has 1 rings (SSSR count). The SMILES string of the molecule is CCCCC/C=C\C/C=C\CCCCCCCC(=O)OC[C@@H](O)CO[C@H]1O[C@H](COS(=O)(=O)[O-])[C@@H](O)[C@H](O)[C@H]1O.[Na+]. The molecule has 1 fully saturated rings. The van der Waals surface area contributed by atoms with E-state index >= 15 is 0 Å². The van der Waals surface area contributed by atoms with Crippen LogP contribution in [0.3, 0.4) is 0 Å². The van der Waals surface area contributed by atoms with E-state index in [4.69, 9.17) is 14.2 Å². The number of carbonyl (C=O) groups excluding carboxylic acids is 1. The van der Waals surface area contributed by atoms with E-state index in [0.717, 1.165) is 44.9 Å². The van der Waals surface area contributed by atoms with Gasteiger partial charge in [0.2, 0.25) is 10.4 Å². The van der Waals surface area contributed by atoms with Gasteiger partial charge in [-0.15, -0.1) is 0 Å². The summed E-state index contributed by atoms with van der Waals surface area (Å²) >= 11 is 0. The van der Waals surface area contributed by atoms with Crippen molar-refractivity contribution in [3.05, 3.63) is 24.3 Å². The van der Waals surface area contributed by atoms with Crippen LogP contribution in [0.1, 0.15) is 84.0 Å². The first-order valence-electron chi connectivity index (χ1n) is 14.1. The van der Waals surface area contributed by atoms with E-state index in [1.165, 1.54) is 19.3 Å². The van der Waals surface area contributed by atoms with E-state index in [0.29, 0.717) is 6.42 Å². The normalized spacial score (nSPS) is 24.0. The third kappa shape index (κ3) is 20.2. The molecule has 0 aromatic carbocycles. The molecule has 1 aliphatic rings. The second-order valence-corrected chi connectivity index (χ2v) is 10.9. The van der Waals surface area contributed by atoms with Crippen molar-refractivity contribution in [2.45, 2.75) is 121 Å². The minimum atomic E-state index is -5.08. The van der Waals surface area contributed by atoms with Crippen LogP contribution in [-0.4, -0.2) is 96.0 Å². The molecule has 0 amide bonds. The van der Waals surface area contributed by atoms with Crippen molar-refractivity contribution in [3.8, 4) is 0 Å². The molecule has 0 radical (unpaired) electrons. The zero-order valence-corrected chi connectivity index (χ0v) is 27.2. The van der Waals surface area contributed by atoms with Gasteiger partial charge in [0.15, 0.2) is 6.29 Å². The molecule has 14 heteroatoms. The van der Waals surface area contributed by atoms with Crippen molar-refractivity contribution < 1.29 is 86.1 Å². The summed E-state index contributed by atoms with van der Waals surface area (Å²) in [5.74, 6) is -0.465. The molecular weight excluding hydrogens is 571 g/mol. The number of carbonyl (C=O) groups is 1. The smallest absolute Gasteiger partial charge is 0.726 e. The summed E-state index contributed by atoms with van der Waals surface area (Å²) in [5, 5.41) is 39.8. The molecule has 1 saturated heterocycles. The predicted octanol–water partition coefficient (Wildman–Crippen LogP) is -0.991. The molecule has 41 heavy (non-hydrogen) atoms. The molecular formula is C27H47NaO12S. The molecule has 234 valence electrons. The number of aliphatic hydroxyl groups is 4. The summed E-state index contributed by atoms with van der Waals surface area (Å²) in [6, 6.07) is 0. The summed E-state index contributed by atoms with van der Waals surface area (Å²) in [7, 11) is -5.08. The van der Waals surface area contributed by atoms with Gasteiger partial charge in [-0.2, -0.15) is 0 Å². The molecule has 0 aromatic heterocycles. The Morgan fingerprint density at radius 3 is 2.15 bits per heavy atom. The minimum Gasteiger partial charge on any atom is -0.726 e. The summed E-state index contributed by atoms with van der Waals surface area (Å²) < 4.78 is 51.2. The van der Waals surface area contributed by atoms with Crippen LogP contribution in [-0.2, 0) is 33.6 Å². The Morgan fingerprint density at radius 2 is 1.51 bits per heavy atom. The quantitative estimate of drug-likeness (QED) is 0.0290. The van der Waals surface area contributed by atoms with Crippen molar-refractivity contribution in [2.75, 3.05) is 19.8 Å². The van der Waals surface area contributed by atoms with Crippen LogP contribution in [0.2, 0.25) is 0 Å². The number of ether oxygens (including phenoxy) is 3. The molecule has 0 spiro atoms. The average molecular weight is 619 g/mol. The predicted molar refractivity (Wildman–Crippen MR) is 145 cm³/mol. The van der Waals surface area contributed by atoms with Crippen LogP contribution in [0.25, 0.3) is 0 Å². The Balaban J connectivity index is 0.0000160. The molecule has 1 heterocycles. The molecule has 4 N–H and O–H groups in total. The van der Waals surface area contributed by atoms with E-state index in [-0.39, 0.29) is 42.6 Å². The third-order valence-electron chi connectivity index (χ3n) is 6.27. The van der Waals surface area contributed by atoms with Gasteiger partial charge in [-0.3, -0.25) is 8.98 Å². The number of rotatable bonds is 22. The maximum absolute atomic E-state index is 11.9. The molecule has 0 saturated carbocycles. The van der Waals surface area contributed by atoms with Crippen LogP contribution in [0.4, 0.5) is 0 Å². The fourth-order valence-corrected chi connectivity index (χ4v) is 4.24. The average Bonchev–Trinajstić information content (AvgIpc) is 2.91. The Morgan fingerprint density at radius 1 is 0.902 bits per heavy atom. The summed E-state index contributed by atoms with van der Waals surface area (Å²) in [4.78, 5) is 11.9. The van der Waals surface area contributed by atoms with Crippen molar-refractivity contribution in [1.29, 1.82) is 0 Å². The van der Waals surface area contributed by atoms with Gasteiger partial charge < -0.3 is 39.2 Å². The number of hydrogen-bond acceptors (Lipinski definition) is 12. The standard InChI is InChI=1S/C27H48O12S.Na/c1-2-3-4-5-6-7-8-9-10-11-12-13-14-15-16-17-23(29)36-18-21(28)19-37-27-26(32)25(31)24(30)22(39-27)20-38-40(33,34)35;/h6-7,9-10,21-22,24-28,30-32H,2-5,8,11-20H2,1H3,(H,33,34,35);/q;+1/p-1/b7-6-,10-9-;/t21-,22-,24-,25+,26-,27+;/m1./s1. The molecule has 12 nitrogen and oxygen atoms in total. The Hall–Kier alpha value is -0.420. The van der Waals surface area contributed by atoms with Crippen LogP contribution >= 0.6 is 0 Å². The first-order valence-corrected chi connectivity index (χ1v) is 15.4. The second kappa shape index (κ2) is 24.0. The van der Waals surface area contributed by atoms with Crippen LogP contribution in [0, 0.1) is 0 Å². The molecule has 1 aliphatic heterocycles. The van der Waals surface area contributed by atoms with Crippen molar-refractivity contribution in [3.63, 3.8) is 0 Å². The largest absolute Gasteiger partial charge is 1.00 e. The zero-order chi connectivity index (χ0) is 29.8. The topological polar surface area (TPSA) is 192 Å². The Labute approximate surface area is 266 Å². The van der Waals surface area contributed by atoms with Gasteiger partial charge >= 0.3 is 35.5 Å². The monoisotopic (exact) mass is 618 g/mol. The van der Waals surface area contributed by atoms with Gasteiger partial charge in [0.25, 0.3) is 0 Å². The molecule has 0 aliphatic carbocycles. The first-order chi connectivity index (χ1) is 19.0. The minimum absolute atomic E-state index is 0. The number of hydrogen-bond donors (Lipinski definition) is 4. The van der Waals surface area contributed by atoms with Gasteiger partial charge in [0, 0.05) is 6.42 Å². The van der Waals surface area contributed by atoms with E-state index in [9.17, 15) is 38.2 Å². The van der Waals surface area contributed by atoms with E-state index in [1.54, 1.807) is 0 Å². The van der Waals surface area contributed by atoms with Gasteiger partial charge in [0.05, 0.1) is 13.2 Å². The Bertz CT molecular complexity index is 838. The van der Waals surface area contributed by atoms with E-state index in [1.807, 2.05) is 0 Å². The van der Waals surface area contributed by atoms with Crippen molar-refractivity contribution in [1.82, 2.24) is 0 Å². The van der Waals surface area contributed by atoms with Crippen molar-refractivity contribution in [2.24, 2.45) is 0 Å². The fourth-order valence-electron chi connectivity index (χ4n) is 3.94. The zero-order valence-electron chi connectivity index (χ0n) is 24.3. The van der Waals surface area contributed by atoms with Gasteiger partial charge in [-0.05, 0) is 38.5 Å². The molecule has 0 aromatic rings. The number of allylic oxidation sites excluding steroid dienone is 4. The summed E-state index contributed by atoms with van der Waals surface area (Å²) in [5.41, 5.74) is 0. The number of unbranched alkanes of at least 4 members (excludes halogenated alkanes) is 8. The van der Waals surface area contributed by atoms with Crippen LogP contribution < -0.4 is 29.6 Å². The third-order valence-corrected chi connectivity index (χ3v) is 6.69. The van der Waals surface area contributed by atoms with Crippen LogP contribution in [0.5, 0.6) is 0 Å².